The van der Waals surface area contributed by atoms with Gasteiger partial charge in [0.15, 0.2) is 0 Å². The lowest BCUT2D eigenvalue weighted by atomic mass is 9.86. The van der Waals surface area contributed by atoms with Crippen molar-refractivity contribution in [1.29, 1.82) is 0 Å². The zero-order valence-corrected chi connectivity index (χ0v) is 15.1. The largest absolute Gasteiger partial charge is 0.385 e. The van der Waals surface area contributed by atoms with Crippen molar-refractivity contribution in [2.75, 3.05) is 13.2 Å². The number of benzene rings is 1. The number of carbonyl (C=O) groups is 1. The van der Waals surface area contributed by atoms with E-state index in [-0.39, 0.29) is 17.9 Å². The Hall–Kier alpha value is -1.63. The molecular formula is C19H22ClN3O3. The minimum Gasteiger partial charge on any atom is -0.385 e. The summed E-state index contributed by atoms with van der Waals surface area (Å²) in [6.07, 6.45) is 4.65. The number of H-pyrrole nitrogens is 1. The summed E-state index contributed by atoms with van der Waals surface area (Å²) in [5, 5.41) is 23.0. The fourth-order valence-corrected chi connectivity index (χ4v) is 5.16. The molecule has 2 aromatic rings. The Bertz CT molecular complexity index is 849. The number of halogens is 1. The standard InChI is InChI=1S/C19H22ClN3O3/c20-11-5-15(14-9-21-23-16(14)6-11)19(25)7-12-13(8-19)17(12)22-18(24)10-1-3-26-4-2-10/h5-6,9-10,12-13,17,25H,1-4,7-8H2,(H,21,23)(H,22,24)/t12-,13+,17+,19+. The molecule has 138 valence electrons. The number of rotatable bonds is 3. The van der Waals surface area contributed by atoms with Crippen LogP contribution in [0.2, 0.25) is 5.02 Å². The molecule has 0 radical (unpaired) electrons. The van der Waals surface area contributed by atoms with Crippen LogP contribution in [0.4, 0.5) is 0 Å². The summed E-state index contributed by atoms with van der Waals surface area (Å²) in [6, 6.07) is 3.87. The molecule has 2 saturated carbocycles. The number of nitrogens with one attached hydrogen (secondary N) is 2. The number of carbonyl (C=O) groups excluding carboxylic acids is 1. The number of fused-ring (bicyclic) bond motifs is 2. The summed E-state index contributed by atoms with van der Waals surface area (Å²) in [4.78, 5) is 12.4. The van der Waals surface area contributed by atoms with E-state index in [0.29, 0.717) is 42.9 Å². The fourth-order valence-electron chi connectivity index (χ4n) is 4.94. The van der Waals surface area contributed by atoms with Crippen LogP contribution in [0, 0.1) is 17.8 Å². The van der Waals surface area contributed by atoms with E-state index in [2.05, 4.69) is 15.5 Å². The summed E-state index contributed by atoms with van der Waals surface area (Å²) < 4.78 is 5.33. The Balaban J connectivity index is 1.29. The maximum Gasteiger partial charge on any atom is 0.223 e. The van der Waals surface area contributed by atoms with E-state index in [4.69, 9.17) is 16.3 Å². The van der Waals surface area contributed by atoms with Crippen molar-refractivity contribution in [3.63, 3.8) is 0 Å². The molecule has 5 rings (SSSR count). The first kappa shape index (κ1) is 16.5. The highest BCUT2D eigenvalue weighted by Gasteiger charge is 2.62. The van der Waals surface area contributed by atoms with E-state index in [1.165, 1.54) is 0 Å². The van der Waals surface area contributed by atoms with Crippen LogP contribution < -0.4 is 5.32 Å². The van der Waals surface area contributed by atoms with Crippen molar-refractivity contribution in [3.05, 3.63) is 28.9 Å². The molecule has 3 N–H and O–H groups in total. The third kappa shape index (κ3) is 2.63. The third-order valence-electron chi connectivity index (χ3n) is 6.40. The van der Waals surface area contributed by atoms with Crippen LogP contribution in [-0.2, 0) is 15.1 Å². The minimum absolute atomic E-state index is 0.0717. The van der Waals surface area contributed by atoms with Crippen LogP contribution >= 0.6 is 11.6 Å². The highest BCUT2D eigenvalue weighted by molar-refractivity contribution is 6.31. The van der Waals surface area contributed by atoms with E-state index in [1.807, 2.05) is 12.1 Å². The molecule has 0 unspecified atom stereocenters. The van der Waals surface area contributed by atoms with Crippen molar-refractivity contribution < 1.29 is 14.6 Å². The van der Waals surface area contributed by atoms with E-state index >= 15 is 0 Å². The van der Waals surface area contributed by atoms with Gasteiger partial charge in [-0.05, 0) is 55.2 Å². The van der Waals surface area contributed by atoms with Crippen LogP contribution in [0.25, 0.3) is 10.9 Å². The highest BCUT2D eigenvalue weighted by Crippen LogP contribution is 2.60. The Morgan fingerprint density at radius 2 is 2.04 bits per heavy atom. The maximum atomic E-state index is 12.4. The SMILES string of the molecule is O=C(N[C@H]1[C@@H]2C[C@@](O)(c3cc(Cl)cc4[nH]ncc34)C[C@@H]21)C1CCOCC1. The smallest absolute Gasteiger partial charge is 0.223 e. The molecule has 2 heterocycles. The summed E-state index contributed by atoms with van der Waals surface area (Å²) >= 11 is 6.23. The molecule has 0 bridgehead atoms. The number of amides is 1. The van der Waals surface area contributed by atoms with Gasteiger partial charge in [0, 0.05) is 35.6 Å². The monoisotopic (exact) mass is 375 g/mol. The van der Waals surface area contributed by atoms with Gasteiger partial charge >= 0.3 is 0 Å². The second-order valence-electron chi connectivity index (χ2n) is 7.97. The summed E-state index contributed by atoms with van der Waals surface area (Å²) in [5.41, 5.74) is 0.781. The van der Waals surface area contributed by atoms with E-state index < -0.39 is 5.60 Å². The lowest BCUT2D eigenvalue weighted by molar-refractivity contribution is -0.128. The quantitative estimate of drug-likeness (QED) is 0.768. The highest BCUT2D eigenvalue weighted by atomic mass is 35.5. The number of ether oxygens (including phenoxy) is 1. The number of nitrogens with zero attached hydrogens (tertiary/aromatic N) is 1. The average Bonchev–Trinajstić information content (AvgIpc) is 3.01. The molecule has 6 nitrogen and oxygen atoms in total. The third-order valence-corrected chi connectivity index (χ3v) is 6.62. The normalized spacial score (nSPS) is 34.0. The van der Waals surface area contributed by atoms with Crippen LogP contribution in [0.5, 0.6) is 0 Å². The molecular weight excluding hydrogens is 354 g/mol. The molecule has 0 spiro atoms. The summed E-state index contributed by atoms with van der Waals surface area (Å²) in [7, 11) is 0. The zero-order valence-electron chi connectivity index (χ0n) is 14.4. The van der Waals surface area contributed by atoms with Crippen molar-refractivity contribution in [2.24, 2.45) is 17.8 Å². The number of hydrogen-bond acceptors (Lipinski definition) is 4. The number of aliphatic hydroxyl groups is 1. The van der Waals surface area contributed by atoms with Gasteiger partial charge in [0.25, 0.3) is 0 Å². The topological polar surface area (TPSA) is 87.2 Å². The molecule has 1 aliphatic heterocycles. The van der Waals surface area contributed by atoms with Gasteiger partial charge in [0.05, 0.1) is 17.3 Å². The van der Waals surface area contributed by atoms with Gasteiger partial charge in [-0.1, -0.05) is 11.6 Å². The van der Waals surface area contributed by atoms with Gasteiger partial charge < -0.3 is 15.2 Å². The van der Waals surface area contributed by atoms with Crippen molar-refractivity contribution in [1.82, 2.24) is 15.5 Å². The van der Waals surface area contributed by atoms with Gasteiger partial charge in [0.1, 0.15) is 0 Å². The van der Waals surface area contributed by atoms with Crippen LogP contribution in [0.3, 0.4) is 0 Å². The molecule has 4 atom stereocenters. The molecule has 26 heavy (non-hydrogen) atoms. The van der Waals surface area contributed by atoms with Gasteiger partial charge in [0.2, 0.25) is 5.91 Å². The Kier molecular flexibility index (Phi) is 3.78. The lowest BCUT2D eigenvalue weighted by Gasteiger charge is -2.28. The molecule has 3 aliphatic rings. The van der Waals surface area contributed by atoms with Crippen molar-refractivity contribution in [2.45, 2.75) is 37.3 Å². The van der Waals surface area contributed by atoms with Gasteiger partial charge in [-0.2, -0.15) is 5.10 Å². The van der Waals surface area contributed by atoms with Crippen molar-refractivity contribution >= 4 is 28.4 Å². The Labute approximate surface area is 156 Å². The first-order valence-corrected chi connectivity index (χ1v) is 9.66. The number of aromatic amines is 1. The van der Waals surface area contributed by atoms with E-state index in [0.717, 1.165) is 29.3 Å². The molecule has 1 aromatic carbocycles. The Morgan fingerprint density at radius 1 is 1.31 bits per heavy atom. The van der Waals surface area contributed by atoms with Crippen LogP contribution in [-0.4, -0.2) is 40.5 Å². The second-order valence-corrected chi connectivity index (χ2v) is 8.41. The second kappa shape index (κ2) is 5.94. The molecule has 2 aliphatic carbocycles. The molecule has 3 fully saturated rings. The number of aromatic nitrogens is 2. The molecule has 7 heteroatoms. The first-order valence-electron chi connectivity index (χ1n) is 9.29. The van der Waals surface area contributed by atoms with E-state index in [1.54, 1.807) is 6.20 Å². The fraction of sp³-hybridized carbons (Fsp3) is 0.579. The zero-order chi connectivity index (χ0) is 17.9. The van der Waals surface area contributed by atoms with Gasteiger partial charge in [-0.25, -0.2) is 0 Å². The van der Waals surface area contributed by atoms with Gasteiger partial charge in [-0.15, -0.1) is 0 Å². The predicted molar refractivity (Wildman–Crippen MR) is 96.7 cm³/mol. The predicted octanol–water partition coefficient (Wildman–Crippen LogP) is 2.36. The molecule has 1 aromatic heterocycles. The van der Waals surface area contributed by atoms with Crippen molar-refractivity contribution in [3.8, 4) is 0 Å². The molecule has 1 saturated heterocycles. The van der Waals surface area contributed by atoms with E-state index in [9.17, 15) is 9.90 Å². The summed E-state index contributed by atoms with van der Waals surface area (Å²) in [5.74, 6) is 0.896. The van der Waals surface area contributed by atoms with Gasteiger partial charge in [-0.3, -0.25) is 9.89 Å². The average molecular weight is 376 g/mol. The lowest BCUT2D eigenvalue weighted by Crippen LogP contribution is -2.38. The maximum absolute atomic E-state index is 12.4. The Morgan fingerprint density at radius 3 is 2.77 bits per heavy atom. The molecule has 1 amide bonds. The minimum atomic E-state index is -0.901. The number of hydrogen-bond donors (Lipinski definition) is 3. The van der Waals surface area contributed by atoms with Crippen LogP contribution in [0.15, 0.2) is 18.3 Å². The van der Waals surface area contributed by atoms with Crippen LogP contribution in [0.1, 0.15) is 31.2 Å². The summed E-state index contributed by atoms with van der Waals surface area (Å²) in [6.45, 7) is 1.34. The first-order chi connectivity index (χ1) is 12.5.